The minimum absolute atomic E-state index is 0.132. The Morgan fingerprint density at radius 1 is 1.12 bits per heavy atom. The number of carbonyl (C=O) groups excluding carboxylic acids is 1. The van der Waals surface area contributed by atoms with Crippen molar-refractivity contribution in [2.75, 3.05) is 39.2 Å². The maximum atomic E-state index is 12.0. The van der Waals surface area contributed by atoms with Gasteiger partial charge in [-0.15, -0.1) is 0 Å². The molecule has 0 radical (unpaired) electrons. The predicted octanol–water partition coefficient (Wildman–Crippen LogP) is 2.12. The monoisotopic (exact) mass is 329 g/mol. The Hall–Kier alpha value is -2.60. The highest BCUT2D eigenvalue weighted by molar-refractivity contribution is 5.94. The summed E-state index contributed by atoms with van der Waals surface area (Å²) in [5.74, 6) is 1.40. The molecule has 1 aromatic heterocycles. The van der Waals surface area contributed by atoms with Gasteiger partial charge in [-0.2, -0.15) is 0 Å². The van der Waals surface area contributed by atoms with E-state index in [1.54, 1.807) is 32.5 Å². The first kappa shape index (κ1) is 17.7. The van der Waals surface area contributed by atoms with Gasteiger partial charge in [-0.1, -0.05) is 12.1 Å². The molecule has 0 spiro atoms. The van der Waals surface area contributed by atoms with Crippen LogP contribution < -0.4 is 15.4 Å². The van der Waals surface area contributed by atoms with E-state index in [1.165, 1.54) is 5.56 Å². The van der Waals surface area contributed by atoms with Gasteiger partial charge in [0.15, 0.2) is 0 Å². The number of methoxy groups -OCH3 is 2. The number of amides is 1. The van der Waals surface area contributed by atoms with E-state index in [2.05, 4.69) is 15.6 Å². The van der Waals surface area contributed by atoms with Gasteiger partial charge < -0.3 is 20.1 Å². The maximum absolute atomic E-state index is 12.0. The molecule has 0 aliphatic heterocycles. The van der Waals surface area contributed by atoms with Crippen LogP contribution in [0.1, 0.15) is 15.9 Å². The van der Waals surface area contributed by atoms with Crippen LogP contribution in [0.3, 0.4) is 0 Å². The van der Waals surface area contributed by atoms with Crippen LogP contribution in [0.5, 0.6) is 5.75 Å². The quantitative estimate of drug-likeness (QED) is 0.690. The van der Waals surface area contributed by atoms with E-state index in [4.69, 9.17) is 9.47 Å². The SMILES string of the molecule is COCCNC(=O)c1ccnc(NCCc2ccc(OC)cc2)c1. The molecule has 0 saturated carbocycles. The molecule has 0 unspecified atom stereocenters. The van der Waals surface area contributed by atoms with Gasteiger partial charge in [0.25, 0.3) is 5.91 Å². The number of carbonyl (C=O) groups is 1. The second-order valence-corrected chi connectivity index (χ2v) is 5.20. The Labute approximate surface area is 142 Å². The number of nitrogens with zero attached hydrogens (tertiary/aromatic N) is 1. The van der Waals surface area contributed by atoms with E-state index in [1.807, 2.05) is 24.3 Å². The Morgan fingerprint density at radius 3 is 2.62 bits per heavy atom. The van der Waals surface area contributed by atoms with Crippen molar-refractivity contribution in [3.05, 3.63) is 53.7 Å². The van der Waals surface area contributed by atoms with Crippen LogP contribution in [0.25, 0.3) is 0 Å². The average Bonchev–Trinajstić information content (AvgIpc) is 2.63. The molecule has 1 amide bonds. The lowest BCUT2D eigenvalue weighted by Crippen LogP contribution is -2.27. The molecular formula is C18H23N3O3. The van der Waals surface area contributed by atoms with Crippen molar-refractivity contribution < 1.29 is 14.3 Å². The zero-order valence-corrected chi connectivity index (χ0v) is 14.0. The van der Waals surface area contributed by atoms with Gasteiger partial charge in [0.2, 0.25) is 0 Å². The summed E-state index contributed by atoms with van der Waals surface area (Å²) in [6.45, 7) is 1.70. The molecule has 128 valence electrons. The summed E-state index contributed by atoms with van der Waals surface area (Å²) in [7, 11) is 3.25. The van der Waals surface area contributed by atoms with Gasteiger partial charge in [-0.3, -0.25) is 4.79 Å². The first-order chi connectivity index (χ1) is 11.7. The molecule has 2 aromatic rings. The van der Waals surface area contributed by atoms with E-state index in [-0.39, 0.29) is 5.91 Å². The average molecular weight is 329 g/mol. The third kappa shape index (κ3) is 5.55. The zero-order valence-electron chi connectivity index (χ0n) is 14.0. The molecule has 1 heterocycles. The molecule has 6 heteroatoms. The van der Waals surface area contributed by atoms with E-state index in [0.29, 0.717) is 24.5 Å². The summed E-state index contributed by atoms with van der Waals surface area (Å²) in [5, 5.41) is 6.03. The van der Waals surface area contributed by atoms with Crippen molar-refractivity contribution in [2.24, 2.45) is 0 Å². The summed E-state index contributed by atoms with van der Waals surface area (Å²) in [6, 6.07) is 11.4. The van der Waals surface area contributed by atoms with E-state index in [0.717, 1.165) is 18.7 Å². The third-order valence-corrected chi connectivity index (χ3v) is 3.49. The van der Waals surface area contributed by atoms with Gasteiger partial charge in [0, 0.05) is 32.0 Å². The van der Waals surface area contributed by atoms with Crippen LogP contribution in [0.2, 0.25) is 0 Å². The number of nitrogens with one attached hydrogen (secondary N) is 2. The summed E-state index contributed by atoms with van der Waals surface area (Å²) in [6.07, 6.45) is 2.48. The number of anilines is 1. The largest absolute Gasteiger partial charge is 0.497 e. The van der Waals surface area contributed by atoms with Gasteiger partial charge >= 0.3 is 0 Å². The van der Waals surface area contributed by atoms with Gasteiger partial charge in [-0.05, 0) is 36.2 Å². The smallest absolute Gasteiger partial charge is 0.251 e. The Morgan fingerprint density at radius 2 is 1.92 bits per heavy atom. The molecule has 0 bridgehead atoms. The molecule has 0 fully saturated rings. The molecule has 0 saturated heterocycles. The summed E-state index contributed by atoms with van der Waals surface area (Å²) < 4.78 is 10.1. The van der Waals surface area contributed by atoms with Crippen molar-refractivity contribution in [3.8, 4) is 5.75 Å². The highest BCUT2D eigenvalue weighted by Gasteiger charge is 2.06. The maximum Gasteiger partial charge on any atom is 0.251 e. The summed E-state index contributed by atoms with van der Waals surface area (Å²) >= 11 is 0. The number of rotatable bonds is 9. The highest BCUT2D eigenvalue weighted by atomic mass is 16.5. The van der Waals surface area contributed by atoms with Crippen molar-refractivity contribution in [2.45, 2.75) is 6.42 Å². The fourth-order valence-electron chi connectivity index (χ4n) is 2.16. The lowest BCUT2D eigenvalue weighted by Gasteiger charge is -2.08. The van der Waals surface area contributed by atoms with Gasteiger partial charge in [0.1, 0.15) is 11.6 Å². The van der Waals surface area contributed by atoms with Crippen molar-refractivity contribution in [1.82, 2.24) is 10.3 Å². The summed E-state index contributed by atoms with van der Waals surface area (Å²) in [4.78, 5) is 16.2. The Bertz CT molecular complexity index is 644. The van der Waals surface area contributed by atoms with Gasteiger partial charge in [-0.25, -0.2) is 4.98 Å². The second-order valence-electron chi connectivity index (χ2n) is 5.20. The Balaban J connectivity index is 1.83. The minimum Gasteiger partial charge on any atom is -0.497 e. The molecule has 24 heavy (non-hydrogen) atoms. The van der Waals surface area contributed by atoms with Crippen LogP contribution in [0.15, 0.2) is 42.6 Å². The van der Waals surface area contributed by atoms with Crippen LogP contribution in [-0.2, 0) is 11.2 Å². The number of benzene rings is 1. The Kier molecular flexibility index (Phi) is 7.04. The molecule has 1 aromatic carbocycles. The molecule has 2 N–H and O–H groups in total. The number of ether oxygens (including phenoxy) is 2. The molecule has 0 atom stereocenters. The molecule has 0 aliphatic carbocycles. The van der Waals surface area contributed by atoms with E-state index >= 15 is 0 Å². The normalized spacial score (nSPS) is 10.2. The zero-order chi connectivity index (χ0) is 17.2. The summed E-state index contributed by atoms with van der Waals surface area (Å²) in [5.41, 5.74) is 1.78. The molecule has 0 aliphatic rings. The fourth-order valence-corrected chi connectivity index (χ4v) is 2.16. The topological polar surface area (TPSA) is 72.5 Å². The first-order valence-electron chi connectivity index (χ1n) is 7.83. The standard InChI is InChI=1S/C18H23N3O3/c1-23-12-11-21-18(22)15-8-10-20-17(13-15)19-9-7-14-3-5-16(24-2)6-4-14/h3-6,8,10,13H,7,9,11-12H2,1-2H3,(H,19,20)(H,21,22). The van der Waals surface area contributed by atoms with Crippen LogP contribution in [0, 0.1) is 0 Å². The number of hydrogen-bond acceptors (Lipinski definition) is 5. The first-order valence-corrected chi connectivity index (χ1v) is 7.83. The number of aromatic nitrogens is 1. The number of pyridine rings is 1. The van der Waals surface area contributed by atoms with Crippen molar-refractivity contribution in [3.63, 3.8) is 0 Å². The van der Waals surface area contributed by atoms with Crippen molar-refractivity contribution in [1.29, 1.82) is 0 Å². The molecule has 2 rings (SSSR count). The molecular weight excluding hydrogens is 306 g/mol. The lowest BCUT2D eigenvalue weighted by molar-refractivity contribution is 0.0937. The van der Waals surface area contributed by atoms with Crippen molar-refractivity contribution >= 4 is 11.7 Å². The third-order valence-electron chi connectivity index (χ3n) is 3.49. The van der Waals surface area contributed by atoms with Crippen LogP contribution in [-0.4, -0.2) is 44.8 Å². The van der Waals surface area contributed by atoms with Gasteiger partial charge in [0.05, 0.1) is 13.7 Å². The van der Waals surface area contributed by atoms with E-state index < -0.39 is 0 Å². The minimum atomic E-state index is -0.132. The molecule has 6 nitrogen and oxygen atoms in total. The second kappa shape index (κ2) is 9.52. The van der Waals surface area contributed by atoms with E-state index in [9.17, 15) is 4.79 Å². The number of hydrogen-bond donors (Lipinski definition) is 2. The van der Waals surface area contributed by atoms with Crippen LogP contribution in [0.4, 0.5) is 5.82 Å². The highest BCUT2D eigenvalue weighted by Crippen LogP contribution is 2.12. The predicted molar refractivity (Wildman–Crippen MR) is 93.6 cm³/mol. The lowest BCUT2D eigenvalue weighted by atomic mass is 10.1. The fraction of sp³-hybridized carbons (Fsp3) is 0.333. The van der Waals surface area contributed by atoms with Crippen LogP contribution >= 0.6 is 0 Å².